The van der Waals surface area contributed by atoms with Crippen molar-refractivity contribution in [3.8, 4) is 0 Å². The number of carbonyl (C=O) groups is 2. The van der Waals surface area contributed by atoms with E-state index in [2.05, 4.69) is 27.1 Å². The van der Waals surface area contributed by atoms with Crippen molar-refractivity contribution in [2.24, 2.45) is 4.99 Å². The third kappa shape index (κ3) is 9.61. The Morgan fingerprint density at radius 2 is 2.07 bits per heavy atom. The van der Waals surface area contributed by atoms with Crippen LogP contribution in [-0.2, 0) is 20.7 Å². The Balaban J connectivity index is 0.00000450. The molecule has 2 N–H and O–H groups in total. The molecule has 1 aliphatic heterocycles. The summed E-state index contributed by atoms with van der Waals surface area (Å²) >= 11 is 1.73. The highest BCUT2D eigenvalue weighted by Crippen LogP contribution is 2.12. The average Bonchev–Trinajstić information content (AvgIpc) is 3.23. The maximum Gasteiger partial charge on any atom is 0.243 e. The van der Waals surface area contributed by atoms with Crippen LogP contribution in [0.1, 0.15) is 24.1 Å². The number of likely N-dealkylation sites (N-methyl/N-ethyl adjacent to an activating group) is 1. The molecule has 0 spiro atoms. The molecule has 2 rings (SSSR count). The number of hydrogen-bond donors (Lipinski definition) is 2. The van der Waals surface area contributed by atoms with E-state index < -0.39 is 0 Å². The lowest BCUT2D eigenvalue weighted by molar-refractivity contribution is -0.133. The quantitative estimate of drug-likeness (QED) is 0.277. The van der Waals surface area contributed by atoms with Crippen LogP contribution in [0.15, 0.2) is 22.5 Å². The average molecular weight is 551 g/mol. The van der Waals surface area contributed by atoms with E-state index in [9.17, 15) is 9.59 Å². The molecule has 0 radical (unpaired) electrons. The van der Waals surface area contributed by atoms with Crippen LogP contribution in [0.4, 0.5) is 0 Å². The van der Waals surface area contributed by atoms with Gasteiger partial charge in [0.15, 0.2) is 5.96 Å². The Labute approximate surface area is 200 Å². The first kappa shape index (κ1) is 26.6. The van der Waals surface area contributed by atoms with Gasteiger partial charge in [-0.3, -0.25) is 9.59 Å². The number of nitrogens with one attached hydrogen (secondary N) is 2. The molecule has 2 amide bonds. The monoisotopic (exact) mass is 551 g/mol. The van der Waals surface area contributed by atoms with Crippen LogP contribution in [0, 0.1) is 0 Å². The number of likely N-dealkylation sites (tertiary alicyclic amines) is 1. The number of carbonyl (C=O) groups excluding carboxylic acids is 2. The van der Waals surface area contributed by atoms with Gasteiger partial charge in [0.2, 0.25) is 11.8 Å². The molecule has 0 bridgehead atoms. The number of nitrogens with zero attached hydrogens (tertiary/aromatic N) is 3. The SMILES string of the molecule is COCCC(=O)N1CCC(NC(=NCC(=O)N(C)C)NCCc2cccs2)CC1.I. The van der Waals surface area contributed by atoms with Gasteiger partial charge in [-0.1, -0.05) is 6.07 Å². The Hall–Kier alpha value is -1.40. The second kappa shape index (κ2) is 14.6. The second-order valence-corrected chi connectivity index (χ2v) is 8.28. The first-order chi connectivity index (χ1) is 14.0. The molecular formula is C20H34IN5O3S. The van der Waals surface area contributed by atoms with Crippen molar-refractivity contribution >= 4 is 53.1 Å². The lowest BCUT2D eigenvalue weighted by Crippen LogP contribution is -2.50. The number of amides is 2. The summed E-state index contributed by atoms with van der Waals surface area (Å²) in [7, 11) is 5.06. The molecule has 1 aromatic heterocycles. The Kier molecular flexibility index (Phi) is 12.9. The minimum atomic E-state index is -0.0390. The minimum Gasteiger partial charge on any atom is -0.384 e. The zero-order valence-electron chi connectivity index (χ0n) is 18.1. The molecule has 1 fully saturated rings. The largest absolute Gasteiger partial charge is 0.384 e. The van der Waals surface area contributed by atoms with Gasteiger partial charge in [-0.05, 0) is 30.7 Å². The van der Waals surface area contributed by atoms with E-state index in [0.717, 1.165) is 38.9 Å². The van der Waals surface area contributed by atoms with E-state index in [1.54, 1.807) is 32.5 Å². The maximum atomic E-state index is 12.1. The zero-order chi connectivity index (χ0) is 21.1. The summed E-state index contributed by atoms with van der Waals surface area (Å²) in [6.45, 7) is 2.76. The fourth-order valence-corrected chi connectivity index (χ4v) is 3.72. The summed E-state index contributed by atoms with van der Waals surface area (Å²) in [5.41, 5.74) is 0. The number of halogens is 1. The fourth-order valence-electron chi connectivity index (χ4n) is 3.01. The molecule has 0 aliphatic carbocycles. The molecule has 30 heavy (non-hydrogen) atoms. The molecule has 2 heterocycles. The predicted octanol–water partition coefficient (Wildman–Crippen LogP) is 1.56. The molecule has 0 unspecified atom stereocenters. The van der Waals surface area contributed by atoms with Gasteiger partial charge in [0.1, 0.15) is 6.54 Å². The molecule has 1 saturated heterocycles. The molecule has 0 atom stereocenters. The number of aliphatic imine (C=N–C) groups is 1. The van der Waals surface area contributed by atoms with E-state index in [-0.39, 0.29) is 48.4 Å². The van der Waals surface area contributed by atoms with Gasteiger partial charge in [-0.2, -0.15) is 0 Å². The summed E-state index contributed by atoms with van der Waals surface area (Å²) in [6, 6.07) is 4.39. The van der Waals surface area contributed by atoms with Crippen LogP contribution < -0.4 is 10.6 Å². The van der Waals surface area contributed by atoms with Gasteiger partial charge in [-0.25, -0.2) is 4.99 Å². The standard InChI is InChI=1S/C20H33N5O3S.HI/c1-24(2)19(27)15-22-20(21-10-6-17-5-4-14-29-17)23-16-7-11-25(12-8-16)18(26)9-13-28-3;/h4-5,14,16H,6-13,15H2,1-3H3,(H2,21,22,23);1H. The Morgan fingerprint density at radius 1 is 1.33 bits per heavy atom. The van der Waals surface area contributed by atoms with Crippen LogP contribution in [0.3, 0.4) is 0 Å². The third-order valence-corrected chi connectivity index (χ3v) is 5.76. The van der Waals surface area contributed by atoms with E-state index in [0.29, 0.717) is 19.0 Å². The number of methoxy groups -OCH3 is 1. The number of hydrogen-bond acceptors (Lipinski definition) is 5. The van der Waals surface area contributed by atoms with Crippen LogP contribution in [0.5, 0.6) is 0 Å². The number of guanidine groups is 1. The van der Waals surface area contributed by atoms with E-state index in [1.807, 2.05) is 11.0 Å². The summed E-state index contributed by atoms with van der Waals surface area (Å²) < 4.78 is 4.99. The van der Waals surface area contributed by atoms with Crippen molar-refractivity contribution < 1.29 is 14.3 Å². The van der Waals surface area contributed by atoms with E-state index >= 15 is 0 Å². The number of rotatable bonds is 9. The van der Waals surface area contributed by atoms with Crippen LogP contribution >= 0.6 is 35.3 Å². The third-order valence-electron chi connectivity index (χ3n) is 4.82. The van der Waals surface area contributed by atoms with Crippen LogP contribution in [0.2, 0.25) is 0 Å². The molecule has 1 aromatic rings. The van der Waals surface area contributed by atoms with Crippen molar-refractivity contribution in [2.75, 3.05) is 54.0 Å². The topological polar surface area (TPSA) is 86.3 Å². The summed E-state index contributed by atoms with van der Waals surface area (Å²) in [5, 5.41) is 8.85. The summed E-state index contributed by atoms with van der Waals surface area (Å²) in [6.07, 6.45) is 3.04. The lowest BCUT2D eigenvalue weighted by atomic mass is 10.0. The predicted molar refractivity (Wildman–Crippen MR) is 132 cm³/mol. The molecule has 170 valence electrons. The van der Waals surface area contributed by atoms with Gasteiger partial charge in [0, 0.05) is 51.8 Å². The highest BCUT2D eigenvalue weighted by molar-refractivity contribution is 14.0. The Morgan fingerprint density at radius 3 is 2.67 bits per heavy atom. The van der Waals surface area contributed by atoms with Gasteiger partial charge in [0.05, 0.1) is 13.0 Å². The van der Waals surface area contributed by atoms with E-state index in [4.69, 9.17) is 4.74 Å². The van der Waals surface area contributed by atoms with Crippen molar-refractivity contribution in [2.45, 2.75) is 31.7 Å². The molecule has 8 nitrogen and oxygen atoms in total. The van der Waals surface area contributed by atoms with Crippen molar-refractivity contribution in [1.29, 1.82) is 0 Å². The molecule has 0 saturated carbocycles. The first-order valence-corrected chi connectivity index (χ1v) is 10.9. The zero-order valence-corrected chi connectivity index (χ0v) is 21.2. The number of thiophene rings is 1. The lowest BCUT2D eigenvalue weighted by Gasteiger charge is -2.33. The minimum absolute atomic E-state index is 0. The number of piperidine rings is 1. The molecule has 1 aliphatic rings. The molecular weight excluding hydrogens is 517 g/mol. The van der Waals surface area contributed by atoms with Crippen molar-refractivity contribution in [3.05, 3.63) is 22.4 Å². The second-order valence-electron chi connectivity index (χ2n) is 7.25. The van der Waals surface area contributed by atoms with E-state index in [1.165, 1.54) is 9.78 Å². The van der Waals surface area contributed by atoms with Crippen LogP contribution in [-0.4, -0.2) is 87.6 Å². The van der Waals surface area contributed by atoms with Crippen molar-refractivity contribution in [1.82, 2.24) is 20.4 Å². The first-order valence-electron chi connectivity index (χ1n) is 10.0. The normalized spacial score (nSPS) is 14.8. The maximum absolute atomic E-state index is 12.1. The summed E-state index contributed by atoms with van der Waals surface area (Å²) in [5.74, 6) is 0.758. The van der Waals surface area contributed by atoms with Crippen LogP contribution in [0.25, 0.3) is 0 Å². The smallest absolute Gasteiger partial charge is 0.243 e. The summed E-state index contributed by atoms with van der Waals surface area (Å²) in [4.78, 5) is 33.3. The van der Waals surface area contributed by atoms with Gasteiger partial charge < -0.3 is 25.2 Å². The highest BCUT2D eigenvalue weighted by atomic mass is 127. The number of ether oxygens (including phenoxy) is 1. The molecule has 10 heteroatoms. The van der Waals surface area contributed by atoms with Gasteiger partial charge in [0.25, 0.3) is 0 Å². The van der Waals surface area contributed by atoms with Gasteiger partial charge >= 0.3 is 0 Å². The fraction of sp³-hybridized carbons (Fsp3) is 0.650. The van der Waals surface area contributed by atoms with Gasteiger partial charge in [-0.15, -0.1) is 35.3 Å². The molecule has 0 aromatic carbocycles. The van der Waals surface area contributed by atoms with Crippen molar-refractivity contribution in [3.63, 3.8) is 0 Å². The Bertz CT molecular complexity index is 661. The highest BCUT2D eigenvalue weighted by Gasteiger charge is 2.23.